The van der Waals surface area contributed by atoms with E-state index < -0.39 is 5.43 Å². The zero-order valence-corrected chi connectivity index (χ0v) is 17.3. The SMILES string of the molecule is COc1ccc(Cl)c(-c2cc(=O)c3c(O)cc(O)c(C4CCN(C)[C@@H]4CO)c3o2)c1. The highest BCUT2D eigenvalue weighted by atomic mass is 35.5. The molecule has 158 valence electrons. The molecule has 7 nitrogen and oxygen atoms in total. The van der Waals surface area contributed by atoms with Crippen molar-refractivity contribution in [1.29, 1.82) is 0 Å². The van der Waals surface area contributed by atoms with Crippen molar-refractivity contribution in [2.45, 2.75) is 18.4 Å². The lowest BCUT2D eigenvalue weighted by Crippen LogP contribution is -2.32. The van der Waals surface area contributed by atoms with Crippen LogP contribution in [-0.2, 0) is 0 Å². The van der Waals surface area contributed by atoms with Gasteiger partial charge in [-0.3, -0.25) is 4.79 Å². The van der Waals surface area contributed by atoms with E-state index >= 15 is 0 Å². The maximum Gasteiger partial charge on any atom is 0.197 e. The number of phenolic OH excluding ortho intramolecular Hbond substituents is 2. The Morgan fingerprint density at radius 2 is 2.00 bits per heavy atom. The summed E-state index contributed by atoms with van der Waals surface area (Å²) in [6, 6.07) is 7.13. The highest BCUT2D eigenvalue weighted by Crippen LogP contribution is 2.44. The molecule has 1 aliphatic heterocycles. The number of hydrogen-bond donors (Lipinski definition) is 3. The molecule has 2 atom stereocenters. The molecule has 1 aromatic heterocycles. The third-order valence-corrected chi connectivity index (χ3v) is 6.15. The fourth-order valence-electron chi connectivity index (χ4n) is 4.24. The van der Waals surface area contributed by atoms with Crippen LogP contribution in [0.2, 0.25) is 5.02 Å². The number of nitrogens with zero attached hydrogens (tertiary/aromatic N) is 1. The van der Waals surface area contributed by atoms with E-state index in [-0.39, 0.29) is 46.8 Å². The number of hydrogen-bond acceptors (Lipinski definition) is 7. The van der Waals surface area contributed by atoms with Crippen LogP contribution in [-0.4, -0.2) is 53.6 Å². The first kappa shape index (κ1) is 20.5. The van der Waals surface area contributed by atoms with Gasteiger partial charge in [-0.05, 0) is 38.2 Å². The monoisotopic (exact) mass is 431 g/mol. The molecule has 3 aromatic rings. The Balaban J connectivity index is 2.01. The quantitative estimate of drug-likeness (QED) is 0.582. The van der Waals surface area contributed by atoms with E-state index in [0.29, 0.717) is 34.9 Å². The number of aromatic hydroxyl groups is 2. The first-order valence-corrected chi connectivity index (χ1v) is 9.91. The molecule has 1 aliphatic rings. The van der Waals surface area contributed by atoms with Crippen molar-refractivity contribution >= 4 is 22.6 Å². The number of ether oxygens (including phenoxy) is 1. The maximum absolute atomic E-state index is 12.9. The van der Waals surface area contributed by atoms with Crippen molar-refractivity contribution in [3.05, 3.63) is 51.1 Å². The van der Waals surface area contributed by atoms with Crippen molar-refractivity contribution in [3.63, 3.8) is 0 Å². The summed E-state index contributed by atoms with van der Waals surface area (Å²) < 4.78 is 11.3. The minimum absolute atomic E-state index is 0.0168. The lowest BCUT2D eigenvalue weighted by molar-refractivity contribution is 0.172. The average molecular weight is 432 g/mol. The fourth-order valence-corrected chi connectivity index (χ4v) is 4.45. The molecule has 0 bridgehead atoms. The van der Waals surface area contributed by atoms with Crippen LogP contribution in [0.25, 0.3) is 22.3 Å². The van der Waals surface area contributed by atoms with Gasteiger partial charge >= 0.3 is 0 Å². The molecule has 2 heterocycles. The number of benzene rings is 2. The van der Waals surface area contributed by atoms with Crippen LogP contribution in [0.1, 0.15) is 17.9 Å². The first-order valence-electron chi connectivity index (χ1n) is 9.53. The van der Waals surface area contributed by atoms with Crippen molar-refractivity contribution in [2.24, 2.45) is 0 Å². The number of fused-ring (bicyclic) bond motifs is 1. The average Bonchev–Trinajstić information content (AvgIpc) is 3.07. The number of aliphatic hydroxyl groups is 1. The van der Waals surface area contributed by atoms with E-state index in [2.05, 4.69) is 0 Å². The predicted octanol–water partition coefficient (Wildman–Crippen LogP) is 3.31. The summed E-state index contributed by atoms with van der Waals surface area (Å²) in [5, 5.41) is 31.2. The molecule has 1 saturated heterocycles. The van der Waals surface area contributed by atoms with E-state index in [1.165, 1.54) is 13.2 Å². The summed E-state index contributed by atoms with van der Waals surface area (Å²) in [6.07, 6.45) is 0.656. The van der Waals surface area contributed by atoms with Crippen molar-refractivity contribution in [3.8, 4) is 28.6 Å². The standard InChI is InChI=1S/C22H22ClNO6/c1-24-6-5-12(15(24)10-25)20-16(26)8-17(27)21-18(28)9-19(30-22(20)21)13-7-11(29-2)3-4-14(13)23/h3-4,7-9,12,15,25-27H,5-6,10H2,1-2H3/t12?,15-/m1/s1. The summed E-state index contributed by atoms with van der Waals surface area (Å²) in [6.45, 7) is 0.595. The summed E-state index contributed by atoms with van der Waals surface area (Å²) in [5.74, 6) is -0.100. The topological polar surface area (TPSA) is 103 Å². The highest BCUT2D eigenvalue weighted by Gasteiger charge is 2.36. The van der Waals surface area contributed by atoms with Gasteiger partial charge in [0.05, 0.1) is 18.7 Å². The lowest BCUT2D eigenvalue weighted by Gasteiger charge is -2.24. The largest absolute Gasteiger partial charge is 0.507 e. The lowest BCUT2D eigenvalue weighted by atomic mass is 9.89. The zero-order chi connectivity index (χ0) is 21.6. The molecule has 30 heavy (non-hydrogen) atoms. The molecule has 4 rings (SSSR count). The number of rotatable bonds is 4. The summed E-state index contributed by atoms with van der Waals surface area (Å²) in [4.78, 5) is 14.9. The number of methoxy groups -OCH3 is 1. The maximum atomic E-state index is 12.9. The minimum Gasteiger partial charge on any atom is -0.507 e. The van der Waals surface area contributed by atoms with Gasteiger partial charge in [0, 0.05) is 35.2 Å². The molecule has 1 unspecified atom stereocenters. The second-order valence-electron chi connectivity index (χ2n) is 7.48. The third-order valence-electron chi connectivity index (χ3n) is 5.82. The van der Waals surface area contributed by atoms with Gasteiger partial charge in [-0.25, -0.2) is 0 Å². The Bertz CT molecular complexity index is 1170. The molecule has 0 aliphatic carbocycles. The second kappa shape index (κ2) is 7.83. The van der Waals surface area contributed by atoms with Gasteiger partial charge in [0.1, 0.15) is 34.0 Å². The Morgan fingerprint density at radius 3 is 2.70 bits per heavy atom. The van der Waals surface area contributed by atoms with Gasteiger partial charge in [0.15, 0.2) is 5.43 Å². The molecule has 2 aromatic carbocycles. The van der Waals surface area contributed by atoms with E-state index in [9.17, 15) is 20.1 Å². The Kier molecular flexibility index (Phi) is 5.36. The number of likely N-dealkylation sites (tertiary alicyclic amines) is 1. The van der Waals surface area contributed by atoms with Gasteiger partial charge in [0.2, 0.25) is 0 Å². The number of aliphatic hydroxyl groups excluding tert-OH is 1. The van der Waals surface area contributed by atoms with Crippen LogP contribution in [0.4, 0.5) is 0 Å². The normalized spacial score (nSPS) is 19.5. The molecule has 3 N–H and O–H groups in total. The first-order chi connectivity index (χ1) is 14.3. The summed E-state index contributed by atoms with van der Waals surface area (Å²) in [5.41, 5.74) is 0.471. The summed E-state index contributed by atoms with van der Waals surface area (Å²) in [7, 11) is 3.40. The van der Waals surface area contributed by atoms with Crippen molar-refractivity contribution in [1.82, 2.24) is 4.90 Å². The highest BCUT2D eigenvalue weighted by molar-refractivity contribution is 6.33. The second-order valence-corrected chi connectivity index (χ2v) is 7.89. The number of phenols is 2. The van der Waals surface area contributed by atoms with Gasteiger partial charge < -0.3 is 29.4 Å². The molecule has 1 fully saturated rings. The molecule has 0 radical (unpaired) electrons. The third kappa shape index (κ3) is 3.29. The van der Waals surface area contributed by atoms with E-state index in [0.717, 1.165) is 6.07 Å². The van der Waals surface area contributed by atoms with Crippen LogP contribution >= 0.6 is 11.6 Å². The Morgan fingerprint density at radius 1 is 1.23 bits per heavy atom. The van der Waals surface area contributed by atoms with Crippen molar-refractivity contribution in [2.75, 3.05) is 27.3 Å². The van der Waals surface area contributed by atoms with Gasteiger partial charge in [-0.15, -0.1) is 0 Å². The Labute approximate surface area is 177 Å². The molecule has 8 heteroatoms. The van der Waals surface area contributed by atoms with Crippen LogP contribution in [0.15, 0.2) is 39.5 Å². The van der Waals surface area contributed by atoms with Gasteiger partial charge in [-0.2, -0.15) is 0 Å². The van der Waals surface area contributed by atoms with Crippen molar-refractivity contribution < 1.29 is 24.5 Å². The predicted molar refractivity (Wildman–Crippen MR) is 114 cm³/mol. The van der Waals surface area contributed by atoms with E-state index in [4.69, 9.17) is 20.8 Å². The molecule has 0 spiro atoms. The molecule has 0 amide bonds. The van der Waals surface area contributed by atoms with E-state index in [1.54, 1.807) is 18.2 Å². The van der Waals surface area contributed by atoms with Crippen LogP contribution < -0.4 is 10.2 Å². The van der Waals surface area contributed by atoms with Crippen LogP contribution in [0.5, 0.6) is 17.2 Å². The fraction of sp³-hybridized carbons (Fsp3) is 0.318. The molecular weight excluding hydrogens is 410 g/mol. The minimum atomic E-state index is -0.462. The smallest absolute Gasteiger partial charge is 0.197 e. The molecular formula is C22H22ClNO6. The van der Waals surface area contributed by atoms with Crippen LogP contribution in [0.3, 0.4) is 0 Å². The Hall–Kier alpha value is -2.74. The number of likely N-dealkylation sites (N-methyl/N-ethyl adjacent to an activating group) is 1. The number of halogens is 1. The van der Waals surface area contributed by atoms with Gasteiger partial charge in [0.25, 0.3) is 0 Å². The van der Waals surface area contributed by atoms with Crippen LogP contribution in [0, 0.1) is 0 Å². The zero-order valence-electron chi connectivity index (χ0n) is 16.6. The summed E-state index contributed by atoms with van der Waals surface area (Å²) >= 11 is 6.33. The van der Waals surface area contributed by atoms with Gasteiger partial charge in [-0.1, -0.05) is 11.6 Å². The molecule has 0 saturated carbocycles. The van der Waals surface area contributed by atoms with E-state index in [1.807, 2.05) is 11.9 Å².